The Bertz CT molecular complexity index is 857. The number of amides is 1. The number of rotatable bonds is 4. The number of hydrogen-bond donors (Lipinski definition) is 2. The van der Waals surface area contributed by atoms with E-state index in [1.165, 1.54) is 24.0 Å². The molecule has 1 amide bonds. The number of nitrogens with zero attached hydrogens (tertiary/aromatic N) is 1. The van der Waals surface area contributed by atoms with Crippen molar-refractivity contribution in [2.45, 2.75) is 76.9 Å². The molecule has 1 aromatic carbocycles. The number of pyridine rings is 1. The molecule has 4 rings (SSSR count). The van der Waals surface area contributed by atoms with Crippen molar-refractivity contribution in [2.24, 2.45) is 5.92 Å². The number of carbonyl (C=O) groups is 1. The monoisotopic (exact) mass is 366 g/mol. The molecule has 0 saturated heterocycles. The van der Waals surface area contributed by atoms with Crippen LogP contribution in [0.5, 0.6) is 0 Å². The minimum Gasteiger partial charge on any atom is -0.390 e. The van der Waals surface area contributed by atoms with Crippen LogP contribution in [0.3, 0.4) is 0 Å². The van der Waals surface area contributed by atoms with Crippen LogP contribution in [0, 0.1) is 12.8 Å². The first kappa shape index (κ1) is 18.4. The van der Waals surface area contributed by atoms with Crippen molar-refractivity contribution in [3.05, 3.63) is 41.1 Å². The van der Waals surface area contributed by atoms with Gasteiger partial charge in [-0.25, -0.2) is 0 Å². The second kappa shape index (κ2) is 6.90. The molecular formula is C23H30N2O2. The molecule has 2 aliphatic carbocycles. The highest BCUT2D eigenvalue weighted by molar-refractivity contribution is 5.97. The molecule has 0 aliphatic heterocycles. The molecule has 144 valence electrons. The lowest BCUT2D eigenvalue weighted by atomic mass is 9.77. The topological polar surface area (TPSA) is 62.2 Å². The van der Waals surface area contributed by atoms with Crippen LogP contribution in [-0.4, -0.2) is 27.6 Å². The fourth-order valence-corrected chi connectivity index (χ4v) is 4.48. The largest absolute Gasteiger partial charge is 0.390 e. The standard InChI is InChI=1S/C23H30N2O2/c1-14-10-16-11-17(13-24-21(16)12-20(14)15-4-5-15)22(26)25-19-8-6-18(7-9-19)23(2,3)27/h10-13,15,18-19,27H,4-9H2,1-3H3,(H,25,26). The van der Waals surface area contributed by atoms with Crippen molar-refractivity contribution in [1.82, 2.24) is 10.3 Å². The summed E-state index contributed by atoms with van der Waals surface area (Å²) in [6.07, 6.45) is 8.01. The van der Waals surface area contributed by atoms with E-state index in [4.69, 9.17) is 0 Å². The Morgan fingerprint density at radius 3 is 2.44 bits per heavy atom. The number of fused-ring (bicyclic) bond motifs is 1. The average Bonchev–Trinajstić information content (AvgIpc) is 3.45. The Balaban J connectivity index is 1.44. The summed E-state index contributed by atoms with van der Waals surface area (Å²) >= 11 is 0. The lowest BCUT2D eigenvalue weighted by Crippen LogP contribution is -2.41. The van der Waals surface area contributed by atoms with Gasteiger partial charge in [0.25, 0.3) is 5.91 Å². The fourth-order valence-electron chi connectivity index (χ4n) is 4.48. The molecule has 4 heteroatoms. The maximum absolute atomic E-state index is 12.7. The van der Waals surface area contributed by atoms with Gasteiger partial charge >= 0.3 is 0 Å². The summed E-state index contributed by atoms with van der Waals surface area (Å²) in [5, 5.41) is 14.4. The summed E-state index contributed by atoms with van der Waals surface area (Å²) in [5.74, 6) is 0.981. The van der Waals surface area contributed by atoms with Crippen LogP contribution in [0.4, 0.5) is 0 Å². The highest BCUT2D eigenvalue weighted by Crippen LogP contribution is 2.42. The predicted octanol–water partition coefficient (Wildman–Crippen LogP) is 4.48. The summed E-state index contributed by atoms with van der Waals surface area (Å²) in [5.41, 5.74) is 3.69. The van der Waals surface area contributed by atoms with Crippen molar-refractivity contribution in [3.8, 4) is 0 Å². The van der Waals surface area contributed by atoms with Gasteiger partial charge < -0.3 is 10.4 Å². The van der Waals surface area contributed by atoms with Crippen molar-refractivity contribution in [2.75, 3.05) is 0 Å². The molecule has 4 nitrogen and oxygen atoms in total. The molecule has 2 aliphatic rings. The minimum atomic E-state index is -0.631. The van der Waals surface area contributed by atoms with E-state index in [1.54, 1.807) is 6.20 Å². The molecule has 0 unspecified atom stereocenters. The molecule has 1 heterocycles. The van der Waals surface area contributed by atoms with E-state index in [0.717, 1.165) is 36.6 Å². The smallest absolute Gasteiger partial charge is 0.253 e. The summed E-state index contributed by atoms with van der Waals surface area (Å²) in [4.78, 5) is 17.3. The minimum absolute atomic E-state index is 0.0416. The zero-order valence-electron chi connectivity index (χ0n) is 16.6. The number of nitrogens with one attached hydrogen (secondary N) is 1. The SMILES string of the molecule is Cc1cc2cc(C(=O)NC3CCC(C(C)(C)O)CC3)cnc2cc1C1CC1. The quantitative estimate of drug-likeness (QED) is 0.838. The van der Waals surface area contributed by atoms with E-state index in [0.29, 0.717) is 17.4 Å². The molecule has 0 spiro atoms. The Morgan fingerprint density at radius 1 is 1.11 bits per heavy atom. The van der Waals surface area contributed by atoms with E-state index in [-0.39, 0.29) is 11.9 Å². The summed E-state index contributed by atoms with van der Waals surface area (Å²) in [6.45, 7) is 5.92. The number of carbonyl (C=O) groups excluding carboxylic acids is 1. The van der Waals surface area contributed by atoms with Gasteiger partial charge in [0, 0.05) is 17.6 Å². The molecule has 2 N–H and O–H groups in total. The van der Waals surface area contributed by atoms with Crippen LogP contribution < -0.4 is 5.32 Å². The van der Waals surface area contributed by atoms with Crippen LogP contribution in [0.15, 0.2) is 24.4 Å². The van der Waals surface area contributed by atoms with Gasteiger partial charge in [-0.2, -0.15) is 0 Å². The molecule has 0 bridgehead atoms. The van der Waals surface area contributed by atoms with E-state index >= 15 is 0 Å². The number of hydrogen-bond acceptors (Lipinski definition) is 3. The first-order valence-electron chi connectivity index (χ1n) is 10.2. The first-order chi connectivity index (χ1) is 12.8. The van der Waals surface area contributed by atoms with E-state index in [9.17, 15) is 9.90 Å². The fraction of sp³-hybridized carbons (Fsp3) is 0.565. The number of benzene rings is 1. The molecular weight excluding hydrogens is 336 g/mol. The van der Waals surface area contributed by atoms with E-state index in [2.05, 4.69) is 29.4 Å². The van der Waals surface area contributed by atoms with Crippen LogP contribution >= 0.6 is 0 Å². The van der Waals surface area contributed by atoms with E-state index in [1.807, 2.05) is 19.9 Å². The Hall–Kier alpha value is -1.94. The van der Waals surface area contributed by atoms with Crippen molar-refractivity contribution in [3.63, 3.8) is 0 Å². The third kappa shape index (κ3) is 4.01. The summed E-state index contributed by atoms with van der Waals surface area (Å²) < 4.78 is 0. The van der Waals surface area contributed by atoms with Gasteiger partial charge in [0.1, 0.15) is 0 Å². The van der Waals surface area contributed by atoms with Gasteiger partial charge in [-0.3, -0.25) is 9.78 Å². The molecule has 2 fully saturated rings. The first-order valence-corrected chi connectivity index (χ1v) is 10.2. The Kier molecular flexibility index (Phi) is 4.71. The number of aliphatic hydroxyl groups is 1. The van der Waals surface area contributed by atoms with Gasteiger partial charge in [0.05, 0.1) is 16.7 Å². The average molecular weight is 367 g/mol. The lowest BCUT2D eigenvalue weighted by Gasteiger charge is -2.36. The highest BCUT2D eigenvalue weighted by Gasteiger charge is 2.32. The molecule has 0 atom stereocenters. The zero-order chi connectivity index (χ0) is 19.2. The predicted molar refractivity (Wildman–Crippen MR) is 108 cm³/mol. The lowest BCUT2D eigenvalue weighted by molar-refractivity contribution is -0.00257. The third-order valence-electron chi connectivity index (χ3n) is 6.41. The van der Waals surface area contributed by atoms with Gasteiger partial charge in [-0.15, -0.1) is 0 Å². The molecule has 2 saturated carbocycles. The van der Waals surface area contributed by atoms with Crippen LogP contribution in [0.1, 0.15) is 79.8 Å². The zero-order valence-corrected chi connectivity index (χ0v) is 16.6. The number of aromatic nitrogens is 1. The molecule has 0 radical (unpaired) electrons. The maximum atomic E-state index is 12.7. The third-order valence-corrected chi connectivity index (χ3v) is 6.41. The molecule has 27 heavy (non-hydrogen) atoms. The van der Waals surface area contributed by atoms with Gasteiger partial charge in [-0.1, -0.05) is 0 Å². The Morgan fingerprint density at radius 2 is 1.81 bits per heavy atom. The second-order valence-corrected chi connectivity index (χ2v) is 9.08. The Labute approximate surface area is 161 Å². The summed E-state index contributed by atoms with van der Waals surface area (Å²) in [7, 11) is 0. The summed E-state index contributed by atoms with van der Waals surface area (Å²) in [6, 6.07) is 6.51. The van der Waals surface area contributed by atoms with Gasteiger partial charge in [-0.05, 0) is 100 Å². The van der Waals surface area contributed by atoms with Gasteiger partial charge in [0.2, 0.25) is 0 Å². The van der Waals surface area contributed by atoms with Crippen LogP contribution in [-0.2, 0) is 0 Å². The van der Waals surface area contributed by atoms with Crippen LogP contribution in [0.25, 0.3) is 10.9 Å². The normalized spacial score (nSPS) is 23.4. The second-order valence-electron chi connectivity index (χ2n) is 9.08. The van der Waals surface area contributed by atoms with Crippen molar-refractivity contribution < 1.29 is 9.90 Å². The molecule has 2 aromatic rings. The molecule has 1 aromatic heterocycles. The van der Waals surface area contributed by atoms with E-state index < -0.39 is 5.60 Å². The maximum Gasteiger partial charge on any atom is 0.253 e. The van der Waals surface area contributed by atoms with Crippen LogP contribution in [0.2, 0.25) is 0 Å². The van der Waals surface area contributed by atoms with Crippen molar-refractivity contribution in [1.29, 1.82) is 0 Å². The van der Waals surface area contributed by atoms with Crippen molar-refractivity contribution >= 4 is 16.8 Å². The number of aryl methyl sites for hydroxylation is 1. The van der Waals surface area contributed by atoms with Gasteiger partial charge in [0.15, 0.2) is 0 Å². The highest BCUT2D eigenvalue weighted by atomic mass is 16.3.